The van der Waals surface area contributed by atoms with Gasteiger partial charge in [-0.3, -0.25) is 0 Å². The molecule has 0 saturated carbocycles. The number of rotatable bonds is 13. The van der Waals surface area contributed by atoms with Crippen LogP contribution in [-0.4, -0.2) is 43.8 Å². The van der Waals surface area contributed by atoms with Crippen LogP contribution in [0.4, 0.5) is 14.5 Å². The van der Waals surface area contributed by atoms with E-state index in [9.17, 15) is 8.78 Å². The van der Waals surface area contributed by atoms with Gasteiger partial charge in [0.2, 0.25) is 0 Å². The van der Waals surface area contributed by atoms with E-state index in [-0.39, 0.29) is 24.1 Å². The Morgan fingerprint density at radius 1 is 0.977 bits per heavy atom. The molecule has 7 heteroatoms. The van der Waals surface area contributed by atoms with Crippen molar-refractivity contribution in [2.45, 2.75) is 126 Å². The monoisotopic (exact) mass is 664 g/mol. The third-order valence-corrected chi connectivity index (χ3v) is 7.28. The molecule has 0 amide bonds. The first-order chi connectivity index (χ1) is 19.9. The molecule has 3 nitrogen and oxygen atoms in total. The van der Waals surface area contributed by atoms with E-state index in [1.165, 1.54) is 88.7 Å². The normalized spacial score (nSPS) is 13.6. The smallest absolute Gasteiger partial charge is 0.283 e. The summed E-state index contributed by atoms with van der Waals surface area (Å²) >= 11 is 0. The third-order valence-electron chi connectivity index (χ3n) is 6.94. The SMILES string of the molecule is CC/C=C(C)\C=C(\C)N(C)c1ccc(C(F)(F)P)cc1.CCCC.CCCCCC(C)CC.CCCN1C[CH-]C1.CO.[V]. The van der Waals surface area contributed by atoms with Crippen molar-refractivity contribution in [1.82, 2.24) is 4.90 Å². The van der Waals surface area contributed by atoms with Crippen molar-refractivity contribution in [1.29, 1.82) is 0 Å². The van der Waals surface area contributed by atoms with E-state index in [0.29, 0.717) is 0 Å². The first-order valence-corrected chi connectivity index (χ1v) is 16.8. The van der Waals surface area contributed by atoms with E-state index in [2.05, 4.69) is 78.9 Å². The molecule has 0 aliphatic carbocycles. The van der Waals surface area contributed by atoms with Crippen LogP contribution in [0.5, 0.6) is 0 Å². The van der Waals surface area contributed by atoms with Gasteiger partial charge in [0, 0.05) is 49.7 Å². The van der Waals surface area contributed by atoms with Crippen LogP contribution in [0.1, 0.15) is 126 Å². The zero-order valence-electron chi connectivity index (χ0n) is 29.7. The molecule has 1 aromatic carbocycles. The van der Waals surface area contributed by atoms with Gasteiger partial charge in [-0.25, -0.2) is 0 Å². The molecule has 1 N–H and O–H groups in total. The van der Waals surface area contributed by atoms with Gasteiger partial charge in [0.25, 0.3) is 5.66 Å². The fraction of sp³-hybridized carbons (Fsp3) is 0.694. The maximum atomic E-state index is 13.1. The minimum atomic E-state index is -2.87. The molecule has 2 rings (SSSR count). The molecule has 2 atom stereocenters. The van der Waals surface area contributed by atoms with Crippen molar-refractivity contribution in [3.8, 4) is 0 Å². The number of aliphatic hydroxyl groups is 1. The summed E-state index contributed by atoms with van der Waals surface area (Å²) in [6, 6.07) is 6.34. The van der Waals surface area contributed by atoms with E-state index < -0.39 is 5.66 Å². The van der Waals surface area contributed by atoms with Gasteiger partial charge in [0.05, 0.1) is 0 Å². The van der Waals surface area contributed by atoms with E-state index in [0.717, 1.165) is 30.8 Å². The Labute approximate surface area is 281 Å². The Bertz CT molecular complexity index is 776. The molecule has 2 unspecified atom stereocenters. The van der Waals surface area contributed by atoms with Crippen LogP contribution in [0.3, 0.4) is 0 Å². The van der Waals surface area contributed by atoms with Gasteiger partial charge in [-0.05, 0) is 57.4 Å². The number of likely N-dealkylation sites (tertiary alicyclic amines) is 1. The molecular weight excluding hydrogens is 596 g/mol. The first kappa shape index (κ1) is 49.2. The van der Waals surface area contributed by atoms with Crippen LogP contribution < -0.4 is 4.90 Å². The quantitative estimate of drug-likeness (QED) is 0.0984. The number of hydrogen-bond donors (Lipinski definition) is 1. The second-order valence-electron chi connectivity index (χ2n) is 10.9. The zero-order chi connectivity index (χ0) is 33.0. The van der Waals surface area contributed by atoms with Crippen molar-refractivity contribution in [2.24, 2.45) is 5.92 Å². The Morgan fingerprint density at radius 2 is 1.51 bits per heavy atom. The zero-order valence-corrected chi connectivity index (χ0v) is 32.3. The molecular formula is C36H68F2N2OPV-. The number of benzene rings is 1. The summed E-state index contributed by atoms with van der Waals surface area (Å²) in [5.74, 6) is 0.955. The number of nitrogens with zero attached hydrogens (tertiary/aromatic N) is 2. The molecule has 1 aromatic rings. The van der Waals surface area contributed by atoms with Crippen molar-refractivity contribution < 1.29 is 32.4 Å². The molecule has 1 saturated heterocycles. The molecule has 253 valence electrons. The van der Waals surface area contributed by atoms with Gasteiger partial charge in [-0.2, -0.15) is 8.78 Å². The molecule has 1 fully saturated rings. The van der Waals surface area contributed by atoms with Gasteiger partial charge >= 0.3 is 0 Å². The van der Waals surface area contributed by atoms with Crippen LogP contribution in [0.15, 0.2) is 47.7 Å². The predicted octanol–water partition coefficient (Wildman–Crippen LogP) is 11.2. The molecule has 0 bridgehead atoms. The Kier molecular flexibility index (Phi) is 37.4. The topological polar surface area (TPSA) is 26.7 Å². The minimum absolute atomic E-state index is 0. The second-order valence-corrected chi connectivity index (χ2v) is 11.7. The van der Waals surface area contributed by atoms with Gasteiger partial charge < -0.3 is 21.3 Å². The number of anilines is 1. The Morgan fingerprint density at radius 3 is 1.84 bits per heavy atom. The summed E-state index contributed by atoms with van der Waals surface area (Å²) in [6.07, 6.45) is 18.5. The molecule has 1 aliphatic rings. The summed E-state index contributed by atoms with van der Waals surface area (Å²) < 4.78 is 26.3. The second kappa shape index (κ2) is 32.7. The number of alkyl halides is 2. The summed E-state index contributed by atoms with van der Waals surface area (Å²) in [6.45, 7) is 23.4. The van der Waals surface area contributed by atoms with Crippen LogP contribution >= 0.6 is 9.24 Å². The standard InChI is InChI=1S/C16H22F2NP.C9H20.C6H12N.C4H10.CH4O.V/c1-5-6-12(2)11-13(3)19(4)15-9-7-14(8-10-15)16(17,18)20;1-4-6-7-8-9(3)5-2;1-2-4-7-5-3-6-7;1-3-4-2;1-2;/h6-11H,5,20H2,1-4H3;9H,4-8H2,1-3H3;3H,2,4-6H2,1H3;3-4H2,1-2H3;2H,1H3;/q;;-1;;;/b12-6-,13-11-;;;;;. The average Bonchev–Trinajstić information content (AvgIpc) is 2.96. The van der Waals surface area contributed by atoms with Crippen LogP contribution in [0.2, 0.25) is 0 Å². The summed E-state index contributed by atoms with van der Waals surface area (Å²) in [5, 5.41) is 7.00. The fourth-order valence-electron chi connectivity index (χ4n) is 3.68. The third kappa shape index (κ3) is 28.5. The summed E-state index contributed by atoms with van der Waals surface area (Å²) in [7, 11) is 4.49. The fourth-order valence-corrected chi connectivity index (χ4v) is 3.87. The molecule has 0 spiro atoms. The number of allylic oxidation sites excluding steroid dienone is 4. The van der Waals surface area contributed by atoms with E-state index in [1.807, 2.05) is 18.9 Å². The van der Waals surface area contributed by atoms with E-state index >= 15 is 0 Å². The number of aliphatic hydroxyl groups excluding tert-OH is 1. The molecule has 1 radical (unpaired) electrons. The summed E-state index contributed by atoms with van der Waals surface area (Å²) in [4.78, 5) is 4.41. The maximum absolute atomic E-state index is 13.1. The minimum Gasteiger partial charge on any atom is -0.400 e. The maximum Gasteiger partial charge on any atom is 0.283 e. The van der Waals surface area contributed by atoms with Crippen molar-refractivity contribution >= 4 is 14.9 Å². The van der Waals surface area contributed by atoms with Crippen LogP contribution in [0, 0.1) is 12.3 Å². The number of halogens is 2. The van der Waals surface area contributed by atoms with E-state index in [4.69, 9.17) is 5.11 Å². The number of hydrogen-bond acceptors (Lipinski definition) is 3. The van der Waals surface area contributed by atoms with Gasteiger partial charge in [-0.15, -0.1) is 13.1 Å². The predicted molar refractivity (Wildman–Crippen MR) is 190 cm³/mol. The van der Waals surface area contributed by atoms with Crippen molar-refractivity contribution in [2.75, 3.05) is 38.7 Å². The first-order valence-electron chi connectivity index (χ1n) is 16.3. The molecule has 1 heterocycles. The molecule has 1 aliphatic heterocycles. The Balaban J connectivity index is -0.000000273. The summed E-state index contributed by atoms with van der Waals surface area (Å²) in [5.41, 5.74) is 0.287. The van der Waals surface area contributed by atoms with Gasteiger partial charge in [0.15, 0.2) is 0 Å². The van der Waals surface area contributed by atoms with Crippen molar-refractivity contribution in [3.05, 3.63) is 59.7 Å². The number of unbranched alkanes of at least 4 members (excludes halogenated alkanes) is 3. The van der Waals surface area contributed by atoms with Gasteiger partial charge in [-0.1, -0.05) is 126 Å². The Hall–Kier alpha value is -0.706. The van der Waals surface area contributed by atoms with Crippen LogP contribution in [0.25, 0.3) is 0 Å². The van der Waals surface area contributed by atoms with Crippen molar-refractivity contribution in [3.63, 3.8) is 0 Å². The van der Waals surface area contributed by atoms with E-state index in [1.54, 1.807) is 21.4 Å². The largest absolute Gasteiger partial charge is 0.400 e. The van der Waals surface area contributed by atoms with Gasteiger partial charge in [0.1, 0.15) is 0 Å². The molecule has 43 heavy (non-hydrogen) atoms. The molecule has 0 aromatic heterocycles. The average molecular weight is 665 g/mol. The van der Waals surface area contributed by atoms with Crippen LogP contribution in [-0.2, 0) is 24.2 Å².